The van der Waals surface area contributed by atoms with Crippen LogP contribution in [0.2, 0.25) is 0 Å². The van der Waals surface area contributed by atoms with Gasteiger partial charge in [0.15, 0.2) is 0 Å². The van der Waals surface area contributed by atoms with Crippen LogP contribution in [-0.4, -0.2) is 0 Å². The molecule has 7 aromatic carbocycles. The summed E-state index contributed by atoms with van der Waals surface area (Å²) in [4.78, 5) is 0. The summed E-state index contributed by atoms with van der Waals surface area (Å²) in [6, 6.07) is 60.5. The van der Waals surface area contributed by atoms with Gasteiger partial charge in [-0.25, -0.2) is 0 Å². The zero-order valence-corrected chi connectivity index (χ0v) is 23.6. The fraction of sp³-hybridized carbons (Fsp3) is 0. The first-order chi connectivity index (χ1) is 21.3. The maximum Gasteiger partial charge on any atom is 0.135 e. The van der Waals surface area contributed by atoms with E-state index in [1.54, 1.807) is 0 Å². The van der Waals surface area contributed by atoms with E-state index >= 15 is 0 Å². The molecule has 1 heteroatoms. The Morgan fingerprint density at radius 2 is 0.558 bits per heavy atom. The molecule has 0 aliphatic carbocycles. The topological polar surface area (TPSA) is 13.1 Å². The lowest BCUT2D eigenvalue weighted by Gasteiger charge is -2.11. The van der Waals surface area contributed by atoms with Crippen molar-refractivity contribution in [2.45, 2.75) is 0 Å². The summed E-state index contributed by atoms with van der Waals surface area (Å²) in [6.45, 7) is 0. The van der Waals surface area contributed by atoms with Gasteiger partial charge in [-0.05, 0) is 104 Å². The summed E-state index contributed by atoms with van der Waals surface area (Å²) in [5.41, 5.74) is 13.8. The quantitative estimate of drug-likeness (QED) is 0.208. The second-order valence-electron chi connectivity index (χ2n) is 11.0. The van der Waals surface area contributed by atoms with Crippen LogP contribution in [0.1, 0.15) is 0 Å². The van der Waals surface area contributed by atoms with Crippen molar-refractivity contribution in [3.05, 3.63) is 170 Å². The van der Waals surface area contributed by atoms with Gasteiger partial charge in [0.1, 0.15) is 11.2 Å². The molecule has 0 aliphatic heterocycles. The number of rotatable bonds is 5. The van der Waals surface area contributed by atoms with Gasteiger partial charge in [0, 0.05) is 10.8 Å². The van der Waals surface area contributed by atoms with Crippen molar-refractivity contribution in [2.75, 3.05) is 0 Å². The molecule has 43 heavy (non-hydrogen) atoms. The fourth-order valence-corrected chi connectivity index (χ4v) is 6.03. The van der Waals surface area contributed by atoms with Crippen LogP contribution in [0.5, 0.6) is 0 Å². The van der Waals surface area contributed by atoms with E-state index in [0.717, 1.165) is 21.9 Å². The highest BCUT2D eigenvalue weighted by Crippen LogP contribution is 2.38. The Morgan fingerprint density at radius 3 is 1.05 bits per heavy atom. The molecule has 1 aromatic heterocycles. The molecule has 8 aromatic rings. The lowest BCUT2D eigenvalue weighted by atomic mass is 9.92. The maximum absolute atomic E-state index is 6.31. The van der Waals surface area contributed by atoms with Gasteiger partial charge in [-0.2, -0.15) is 0 Å². The van der Waals surface area contributed by atoms with E-state index in [9.17, 15) is 0 Å². The lowest BCUT2D eigenvalue weighted by Crippen LogP contribution is -1.86. The van der Waals surface area contributed by atoms with Crippen molar-refractivity contribution < 1.29 is 4.42 Å². The van der Waals surface area contributed by atoms with Crippen LogP contribution in [0.3, 0.4) is 0 Å². The summed E-state index contributed by atoms with van der Waals surface area (Å²) >= 11 is 0. The minimum absolute atomic E-state index is 0.899. The van der Waals surface area contributed by atoms with Crippen molar-refractivity contribution in [3.8, 4) is 55.6 Å². The average molecular weight is 549 g/mol. The zero-order valence-electron chi connectivity index (χ0n) is 23.6. The van der Waals surface area contributed by atoms with Gasteiger partial charge >= 0.3 is 0 Å². The highest BCUT2D eigenvalue weighted by Gasteiger charge is 2.13. The molecule has 0 N–H and O–H groups in total. The van der Waals surface area contributed by atoms with Crippen LogP contribution < -0.4 is 0 Å². The highest BCUT2D eigenvalue weighted by atomic mass is 16.3. The van der Waals surface area contributed by atoms with Gasteiger partial charge in [0.2, 0.25) is 0 Å². The van der Waals surface area contributed by atoms with Gasteiger partial charge in [-0.1, -0.05) is 121 Å². The molecule has 1 nitrogen and oxygen atoms in total. The van der Waals surface area contributed by atoms with Crippen LogP contribution in [0, 0.1) is 0 Å². The lowest BCUT2D eigenvalue weighted by molar-refractivity contribution is 0.669. The van der Waals surface area contributed by atoms with Crippen LogP contribution in [0.4, 0.5) is 0 Å². The van der Waals surface area contributed by atoms with E-state index in [1.165, 1.54) is 55.6 Å². The van der Waals surface area contributed by atoms with E-state index in [1.807, 2.05) is 0 Å². The molecular formula is C42H28O. The highest BCUT2D eigenvalue weighted by molar-refractivity contribution is 6.07. The minimum Gasteiger partial charge on any atom is -0.456 e. The molecule has 0 aliphatic rings. The van der Waals surface area contributed by atoms with Crippen molar-refractivity contribution in [3.63, 3.8) is 0 Å². The number of fused-ring (bicyclic) bond motifs is 3. The normalized spacial score (nSPS) is 11.3. The van der Waals surface area contributed by atoms with E-state index in [2.05, 4.69) is 170 Å². The maximum atomic E-state index is 6.31. The van der Waals surface area contributed by atoms with Gasteiger partial charge in [0.05, 0.1) is 0 Å². The zero-order chi connectivity index (χ0) is 28.6. The van der Waals surface area contributed by atoms with E-state index < -0.39 is 0 Å². The van der Waals surface area contributed by atoms with Crippen molar-refractivity contribution in [1.29, 1.82) is 0 Å². The number of hydrogen-bond donors (Lipinski definition) is 0. The SMILES string of the molecule is c1ccc(-c2cccc(-c3ccc4oc5ccc(-c6cc(-c7ccccc7)cc(-c7ccccc7)c6)cc5c4c3)c2)cc1. The summed E-state index contributed by atoms with van der Waals surface area (Å²) in [6.07, 6.45) is 0. The molecule has 202 valence electrons. The predicted octanol–water partition coefficient (Wildman–Crippen LogP) is 11.9. The van der Waals surface area contributed by atoms with E-state index in [0.29, 0.717) is 0 Å². The summed E-state index contributed by atoms with van der Waals surface area (Å²) in [5.74, 6) is 0. The largest absolute Gasteiger partial charge is 0.456 e. The minimum atomic E-state index is 0.899. The Kier molecular flexibility index (Phi) is 6.20. The molecule has 8 rings (SSSR count). The molecule has 0 bridgehead atoms. The van der Waals surface area contributed by atoms with Gasteiger partial charge in [-0.3, -0.25) is 0 Å². The van der Waals surface area contributed by atoms with Crippen molar-refractivity contribution in [2.24, 2.45) is 0 Å². The molecule has 0 saturated carbocycles. The standard InChI is InChI=1S/C42H28O/c1-4-11-29(12-5-1)32-17-10-18-33(23-32)34-19-21-41-39(27-34)40-28-35(20-22-42(40)43-41)38-25-36(30-13-6-2-7-14-30)24-37(26-38)31-15-8-3-9-16-31/h1-28H. The fourth-order valence-electron chi connectivity index (χ4n) is 6.03. The molecule has 1 heterocycles. The first-order valence-corrected chi connectivity index (χ1v) is 14.7. The Bertz CT molecular complexity index is 2150. The molecule has 0 radical (unpaired) electrons. The number of hydrogen-bond acceptors (Lipinski definition) is 1. The monoisotopic (exact) mass is 548 g/mol. The molecular weight excluding hydrogens is 520 g/mol. The average Bonchev–Trinajstić information content (AvgIpc) is 3.46. The van der Waals surface area contributed by atoms with Crippen molar-refractivity contribution in [1.82, 2.24) is 0 Å². The molecule has 0 unspecified atom stereocenters. The molecule has 0 atom stereocenters. The third kappa shape index (κ3) is 4.81. The second-order valence-corrected chi connectivity index (χ2v) is 11.0. The number of benzene rings is 7. The third-order valence-electron chi connectivity index (χ3n) is 8.25. The van der Waals surface area contributed by atoms with E-state index in [4.69, 9.17) is 4.42 Å². The van der Waals surface area contributed by atoms with Crippen LogP contribution in [0.25, 0.3) is 77.6 Å². The molecule has 0 spiro atoms. The molecule has 0 amide bonds. The Hall–Kier alpha value is -5.66. The molecule has 0 saturated heterocycles. The van der Waals surface area contributed by atoms with Crippen LogP contribution >= 0.6 is 0 Å². The van der Waals surface area contributed by atoms with Crippen LogP contribution in [0.15, 0.2) is 174 Å². The smallest absolute Gasteiger partial charge is 0.135 e. The molecule has 0 fully saturated rings. The summed E-state index contributed by atoms with van der Waals surface area (Å²) in [7, 11) is 0. The third-order valence-corrected chi connectivity index (χ3v) is 8.25. The Balaban J connectivity index is 1.26. The second kappa shape index (κ2) is 10.6. The Labute approximate surface area is 251 Å². The first kappa shape index (κ1) is 25.1. The van der Waals surface area contributed by atoms with Crippen LogP contribution in [-0.2, 0) is 0 Å². The van der Waals surface area contributed by atoms with Crippen molar-refractivity contribution >= 4 is 21.9 Å². The summed E-state index contributed by atoms with van der Waals surface area (Å²) < 4.78 is 6.31. The predicted molar refractivity (Wildman–Crippen MR) is 181 cm³/mol. The number of furan rings is 1. The van der Waals surface area contributed by atoms with Gasteiger partial charge < -0.3 is 4.42 Å². The van der Waals surface area contributed by atoms with E-state index in [-0.39, 0.29) is 0 Å². The van der Waals surface area contributed by atoms with Gasteiger partial charge in [-0.15, -0.1) is 0 Å². The Morgan fingerprint density at radius 1 is 0.233 bits per heavy atom. The first-order valence-electron chi connectivity index (χ1n) is 14.7. The van der Waals surface area contributed by atoms with Gasteiger partial charge in [0.25, 0.3) is 0 Å². The summed E-state index contributed by atoms with van der Waals surface area (Å²) in [5, 5.41) is 2.25.